The van der Waals surface area contributed by atoms with Crippen LogP contribution in [0.2, 0.25) is 0 Å². The van der Waals surface area contributed by atoms with Gasteiger partial charge in [-0.3, -0.25) is 0 Å². The third-order valence-electron chi connectivity index (χ3n) is 5.25. The highest BCUT2D eigenvalue weighted by Gasteiger charge is 2.47. The zero-order valence-electron chi connectivity index (χ0n) is 11.0. The molecular weight excluding hydrogens is 244 g/mol. The summed E-state index contributed by atoms with van der Waals surface area (Å²) in [5.41, 5.74) is 0. The van der Waals surface area contributed by atoms with Gasteiger partial charge in [-0.15, -0.1) is 11.8 Å². The SMILES string of the molecule is C/C(=C\C(=O)O)SCC1C2CC3CC(C2)CC1C3. The minimum Gasteiger partial charge on any atom is -0.478 e. The van der Waals surface area contributed by atoms with Crippen LogP contribution in [0.4, 0.5) is 0 Å². The van der Waals surface area contributed by atoms with E-state index in [1.807, 2.05) is 6.92 Å². The van der Waals surface area contributed by atoms with E-state index in [9.17, 15) is 4.79 Å². The van der Waals surface area contributed by atoms with E-state index in [0.717, 1.165) is 40.2 Å². The van der Waals surface area contributed by atoms with Gasteiger partial charge in [-0.25, -0.2) is 4.79 Å². The molecular formula is C15H22O2S. The van der Waals surface area contributed by atoms with Crippen molar-refractivity contribution in [2.75, 3.05) is 5.75 Å². The molecule has 0 spiro atoms. The van der Waals surface area contributed by atoms with E-state index >= 15 is 0 Å². The number of allylic oxidation sites excluding steroid dienone is 1. The van der Waals surface area contributed by atoms with Crippen molar-refractivity contribution in [2.45, 2.75) is 39.0 Å². The number of rotatable bonds is 4. The molecule has 4 aliphatic carbocycles. The van der Waals surface area contributed by atoms with Gasteiger partial charge in [-0.1, -0.05) is 0 Å². The maximum Gasteiger partial charge on any atom is 0.329 e. The van der Waals surface area contributed by atoms with Crippen molar-refractivity contribution in [2.24, 2.45) is 29.6 Å². The van der Waals surface area contributed by atoms with Crippen molar-refractivity contribution >= 4 is 17.7 Å². The Morgan fingerprint density at radius 3 is 2.22 bits per heavy atom. The van der Waals surface area contributed by atoms with E-state index in [1.54, 1.807) is 11.8 Å². The van der Waals surface area contributed by atoms with Gasteiger partial charge in [0, 0.05) is 11.8 Å². The molecule has 4 rings (SSSR count). The van der Waals surface area contributed by atoms with Gasteiger partial charge in [0.15, 0.2) is 0 Å². The Bertz CT molecular complexity index is 347. The molecule has 0 aliphatic heterocycles. The van der Waals surface area contributed by atoms with Crippen LogP contribution in [0.25, 0.3) is 0 Å². The van der Waals surface area contributed by atoms with E-state index in [-0.39, 0.29) is 0 Å². The van der Waals surface area contributed by atoms with Crippen molar-refractivity contribution in [1.82, 2.24) is 0 Å². The van der Waals surface area contributed by atoms with Gasteiger partial charge in [0.1, 0.15) is 0 Å². The highest BCUT2D eigenvalue weighted by molar-refractivity contribution is 8.03. The molecule has 0 heterocycles. The van der Waals surface area contributed by atoms with Crippen molar-refractivity contribution in [3.8, 4) is 0 Å². The lowest BCUT2D eigenvalue weighted by molar-refractivity contribution is -0.131. The second-order valence-corrected chi connectivity index (χ2v) is 7.76. The zero-order chi connectivity index (χ0) is 12.7. The Morgan fingerprint density at radius 1 is 1.17 bits per heavy atom. The fourth-order valence-corrected chi connectivity index (χ4v) is 5.94. The van der Waals surface area contributed by atoms with Gasteiger partial charge in [-0.05, 0) is 73.5 Å². The minimum atomic E-state index is -0.815. The summed E-state index contributed by atoms with van der Waals surface area (Å²) in [6.45, 7) is 1.93. The van der Waals surface area contributed by atoms with Crippen LogP contribution in [0, 0.1) is 29.6 Å². The molecule has 3 heteroatoms. The fraction of sp³-hybridized carbons (Fsp3) is 0.800. The first kappa shape index (κ1) is 12.6. The average Bonchev–Trinajstić information content (AvgIpc) is 2.25. The maximum absolute atomic E-state index is 10.6. The quantitative estimate of drug-likeness (QED) is 0.787. The number of thioether (sulfide) groups is 1. The van der Waals surface area contributed by atoms with Crippen LogP contribution >= 0.6 is 11.8 Å². The maximum atomic E-state index is 10.6. The average molecular weight is 266 g/mol. The van der Waals surface area contributed by atoms with E-state index in [2.05, 4.69) is 0 Å². The molecule has 100 valence electrons. The Morgan fingerprint density at radius 2 is 1.72 bits per heavy atom. The summed E-state index contributed by atoms with van der Waals surface area (Å²) >= 11 is 1.76. The molecule has 0 unspecified atom stereocenters. The molecule has 2 nitrogen and oxygen atoms in total. The monoisotopic (exact) mass is 266 g/mol. The van der Waals surface area contributed by atoms with Gasteiger partial charge in [0.25, 0.3) is 0 Å². The predicted octanol–water partition coefficient (Wildman–Crippen LogP) is 3.78. The Balaban J connectivity index is 1.59. The first-order valence-electron chi connectivity index (χ1n) is 7.16. The summed E-state index contributed by atoms with van der Waals surface area (Å²) < 4.78 is 0. The number of carboxylic acid groups (broad SMARTS) is 1. The highest BCUT2D eigenvalue weighted by atomic mass is 32.2. The van der Waals surface area contributed by atoms with Crippen molar-refractivity contribution in [3.05, 3.63) is 11.0 Å². The van der Waals surface area contributed by atoms with E-state index in [4.69, 9.17) is 5.11 Å². The molecule has 4 bridgehead atoms. The van der Waals surface area contributed by atoms with E-state index < -0.39 is 5.97 Å². The van der Waals surface area contributed by atoms with Gasteiger partial charge in [0.05, 0.1) is 0 Å². The molecule has 0 aromatic heterocycles. The smallest absolute Gasteiger partial charge is 0.329 e. The zero-order valence-corrected chi connectivity index (χ0v) is 11.8. The lowest BCUT2D eigenvalue weighted by Crippen LogP contribution is -2.45. The fourth-order valence-electron chi connectivity index (χ4n) is 4.75. The molecule has 0 aromatic rings. The van der Waals surface area contributed by atoms with Crippen LogP contribution in [-0.4, -0.2) is 16.8 Å². The molecule has 0 radical (unpaired) electrons. The third kappa shape index (κ3) is 2.47. The number of hydrogen-bond acceptors (Lipinski definition) is 2. The topological polar surface area (TPSA) is 37.3 Å². The molecule has 4 fully saturated rings. The first-order chi connectivity index (χ1) is 8.61. The van der Waals surface area contributed by atoms with E-state index in [1.165, 1.54) is 38.2 Å². The van der Waals surface area contributed by atoms with Gasteiger partial charge < -0.3 is 5.11 Å². The highest BCUT2D eigenvalue weighted by Crippen LogP contribution is 2.57. The van der Waals surface area contributed by atoms with Crippen LogP contribution in [0.1, 0.15) is 39.0 Å². The normalized spacial score (nSPS) is 42.3. The van der Waals surface area contributed by atoms with Crippen LogP contribution in [0.15, 0.2) is 11.0 Å². The van der Waals surface area contributed by atoms with E-state index in [0.29, 0.717) is 0 Å². The van der Waals surface area contributed by atoms with Crippen LogP contribution in [0.3, 0.4) is 0 Å². The summed E-state index contributed by atoms with van der Waals surface area (Å²) in [6, 6.07) is 0. The largest absolute Gasteiger partial charge is 0.478 e. The summed E-state index contributed by atoms with van der Waals surface area (Å²) in [5.74, 6) is 5.15. The Hall–Kier alpha value is -0.440. The molecule has 4 aliphatic rings. The van der Waals surface area contributed by atoms with Crippen molar-refractivity contribution in [1.29, 1.82) is 0 Å². The Kier molecular flexibility index (Phi) is 3.44. The molecule has 0 saturated heterocycles. The summed E-state index contributed by atoms with van der Waals surface area (Å²) in [6.07, 6.45) is 8.69. The van der Waals surface area contributed by atoms with Crippen LogP contribution in [-0.2, 0) is 4.79 Å². The van der Waals surface area contributed by atoms with Gasteiger partial charge in [-0.2, -0.15) is 0 Å². The molecule has 0 amide bonds. The van der Waals surface area contributed by atoms with Crippen molar-refractivity contribution < 1.29 is 9.90 Å². The van der Waals surface area contributed by atoms with Gasteiger partial charge in [0.2, 0.25) is 0 Å². The third-order valence-corrected chi connectivity index (χ3v) is 6.38. The number of hydrogen-bond donors (Lipinski definition) is 1. The Labute approximate surface area is 113 Å². The molecule has 4 saturated carbocycles. The predicted molar refractivity (Wildman–Crippen MR) is 74.4 cm³/mol. The lowest BCUT2D eigenvalue weighted by Gasteiger charge is -2.54. The second kappa shape index (κ2) is 4.92. The number of aliphatic carboxylic acids is 1. The first-order valence-corrected chi connectivity index (χ1v) is 8.14. The number of carbonyl (C=O) groups is 1. The molecule has 0 aromatic carbocycles. The summed E-state index contributed by atoms with van der Waals surface area (Å²) in [4.78, 5) is 11.6. The van der Waals surface area contributed by atoms with Crippen LogP contribution < -0.4 is 0 Å². The molecule has 1 N–H and O–H groups in total. The van der Waals surface area contributed by atoms with Gasteiger partial charge >= 0.3 is 5.97 Å². The summed E-state index contributed by atoms with van der Waals surface area (Å²) in [7, 11) is 0. The lowest BCUT2D eigenvalue weighted by atomic mass is 9.52. The molecule has 0 atom stereocenters. The molecule has 18 heavy (non-hydrogen) atoms. The second-order valence-electron chi connectivity index (χ2n) is 6.50. The minimum absolute atomic E-state index is 0.815. The standard InChI is InChI=1S/C15H22O2S/c1-9(2-15(16)17)18-8-14-12-4-10-3-11(6-12)7-13(14)5-10/h2,10-14H,3-8H2,1H3,(H,16,17)/b9-2+. The summed E-state index contributed by atoms with van der Waals surface area (Å²) in [5, 5.41) is 8.73. The van der Waals surface area contributed by atoms with Crippen molar-refractivity contribution in [3.63, 3.8) is 0 Å². The number of carboxylic acids is 1. The van der Waals surface area contributed by atoms with Crippen LogP contribution in [0.5, 0.6) is 0 Å².